The summed E-state index contributed by atoms with van der Waals surface area (Å²) in [4.78, 5) is 16.0. The van der Waals surface area contributed by atoms with Crippen LogP contribution < -0.4 is 10.6 Å². The van der Waals surface area contributed by atoms with Crippen LogP contribution in [0.1, 0.15) is 42.8 Å². The molecule has 1 aromatic heterocycles. The van der Waals surface area contributed by atoms with Crippen LogP contribution in [0.3, 0.4) is 0 Å². The van der Waals surface area contributed by atoms with Gasteiger partial charge in [-0.15, -0.1) is 0 Å². The lowest BCUT2D eigenvalue weighted by atomic mass is 10.1. The van der Waals surface area contributed by atoms with Crippen molar-refractivity contribution < 1.29 is 14.4 Å². The van der Waals surface area contributed by atoms with E-state index in [9.17, 15) is 9.90 Å². The summed E-state index contributed by atoms with van der Waals surface area (Å²) in [5.41, 5.74) is 0.676. The topological polar surface area (TPSA) is 100 Å². The number of aliphatic hydroxyl groups is 1. The molecule has 1 aromatic carbocycles. The average molecular weight is 339 g/mol. The van der Waals surface area contributed by atoms with Crippen molar-refractivity contribution in [3.05, 3.63) is 46.6 Å². The molecule has 2 atom stereocenters. The van der Waals surface area contributed by atoms with E-state index in [1.54, 1.807) is 31.2 Å². The number of carbonyl (C=O) groups excluding carboxylic acids is 1. The lowest BCUT2D eigenvalue weighted by Gasteiger charge is -2.16. The van der Waals surface area contributed by atoms with Crippen LogP contribution in [0.2, 0.25) is 5.02 Å². The number of hydrogen-bond acceptors (Lipinski definition) is 5. The molecule has 3 N–H and O–H groups in total. The van der Waals surface area contributed by atoms with Crippen LogP contribution in [0, 0.1) is 6.92 Å². The van der Waals surface area contributed by atoms with Crippen LogP contribution in [0.5, 0.6) is 0 Å². The minimum atomic E-state index is -0.814. The van der Waals surface area contributed by atoms with Crippen molar-refractivity contribution in [3.63, 3.8) is 0 Å². The number of aliphatic hydroxyl groups excluding tert-OH is 1. The molecule has 0 aliphatic carbocycles. The zero-order chi connectivity index (χ0) is 16.8. The molecule has 2 amide bonds. The first-order valence-corrected chi connectivity index (χ1v) is 7.65. The van der Waals surface area contributed by atoms with Gasteiger partial charge in [0.25, 0.3) is 0 Å². The number of urea groups is 1. The van der Waals surface area contributed by atoms with Gasteiger partial charge in [0, 0.05) is 18.5 Å². The van der Waals surface area contributed by atoms with E-state index in [0.717, 1.165) is 0 Å². The number of carbonyl (C=O) groups is 1. The highest BCUT2D eigenvalue weighted by Crippen LogP contribution is 2.16. The lowest BCUT2D eigenvalue weighted by molar-refractivity contribution is 0.172. The molecule has 0 radical (unpaired) electrons. The van der Waals surface area contributed by atoms with E-state index in [2.05, 4.69) is 20.8 Å². The fourth-order valence-corrected chi connectivity index (χ4v) is 2.13. The Morgan fingerprint density at radius 2 is 2.09 bits per heavy atom. The van der Waals surface area contributed by atoms with Crippen LogP contribution >= 0.6 is 11.6 Å². The number of halogens is 1. The monoisotopic (exact) mass is 338 g/mol. The molecule has 7 nitrogen and oxygen atoms in total. The second-order valence-corrected chi connectivity index (χ2v) is 5.49. The van der Waals surface area contributed by atoms with Gasteiger partial charge in [-0.1, -0.05) is 35.8 Å². The molecule has 0 aliphatic heterocycles. The third-order valence-electron chi connectivity index (χ3n) is 3.28. The Bertz CT molecular complexity index is 644. The standard InChI is InChI=1S/C15H19ClN4O3/c1-3-12(14-18-9(2)23-20-14)19-15(22)17-8-13(21)10-4-6-11(16)7-5-10/h4-7,12-13,21H,3,8H2,1-2H3,(H2,17,19,22). The summed E-state index contributed by atoms with van der Waals surface area (Å²) in [5, 5.41) is 19.8. The normalized spacial score (nSPS) is 13.4. The molecule has 0 fully saturated rings. The van der Waals surface area contributed by atoms with Gasteiger partial charge in [-0.05, 0) is 24.1 Å². The van der Waals surface area contributed by atoms with Gasteiger partial charge in [0.15, 0.2) is 5.82 Å². The summed E-state index contributed by atoms with van der Waals surface area (Å²) in [6, 6.07) is 6.04. The number of hydrogen-bond donors (Lipinski definition) is 3. The van der Waals surface area contributed by atoms with Crippen LogP contribution in [-0.2, 0) is 0 Å². The summed E-state index contributed by atoms with van der Waals surface area (Å²) in [5.74, 6) is 0.872. The second kappa shape index (κ2) is 7.94. The summed E-state index contributed by atoms with van der Waals surface area (Å²) >= 11 is 5.80. The van der Waals surface area contributed by atoms with E-state index in [1.807, 2.05) is 6.92 Å². The van der Waals surface area contributed by atoms with Crippen molar-refractivity contribution in [1.29, 1.82) is 0 Å². The highest BCUT2D eigenvalue weighted by atomic mass is 35.5. The Morgan fingerprint density at radius 1 is 1.39 bits per heavy atom. The number of amides is 2. The Labute approximate surface area is 139 Å². The van der Waals surface area contributed by atoms with Crippen molar-refractivity contribution in [1.82, 2.24) is 20.8 Å². The van der Waals surface area contributed by atoms with Crippen LogP contribution in [0.4, 0.5) is 4.79 Å². The third-order valence-corrected chi connectivity index (χ3v) is 3.53. The van der Waals surface area contributed by atoms with Crippen molar-refractivity contribution in [2.24, 2.45) is 0 Å². The quantitative estimate of drug-likeness (QED) is 0.751. The van der Waals surface area contributed by atoms with E-state index < -0.39 is 12.1 Å². The molecule has 0 bridgehead atoms. The SMILES string of the molecule is CCC(NC(=O)NCC(O)c1ccc(Cl)cc1)c1noc(C)n1. The van der Waals surface area contributed by atoms with E-state index in [4.69, 9.17) is 16.1 Å². The maximum Gasteiger partial charge on any atom is 0.315 e. The molecule has 2 unspecified atom stereocenters. The molecule has 2 rings (SSSR count). The highest BCUT2D eigenvalue weighted by molar-refractivity contribution is 6.30. The van der Waals surface area contributed by atoms with Gasteiger partial charge in [-0.2, -0.15) is 4.98 Å². The van der Waals surface area contributed by atoms with Gasteiger partial charge in [0.1, 0.15) is 0 Å². The molecular weight excluding hydrogens is 320 g/mol. The Balaban J connectivity index is 1.85. The summed E-state index contributed by atoms with van der Waals surface area (Å²) in [6.45, 7) is 3.67. The molecule has 8 heteroatoms. The molecule has 124 valence electrons. The van der Waals surface area contributed by atoms with Gasteiger partial charge >= 0.3 is 6.03 Å². The number of nitrogens with zero attached hydrogens (tertiary/aromatic N) is 2. The Kier molecular flexibility index (Phi) is 5.95. The van der Waals surface area contributed by atoms with Gasteiger partial charge in [-0.25, -0.2) is 4.79 Å². The van der Waals surface area contributed by atoms with Gasteiger partial charge < -0.3 is 20.3 Å². The summed E-state index contributed by atoms with van der Waals surface area (Å²) in [6.07, 6.45) is -0.197. The predicted octanol–water partition coefficient (Wildman–Crippen LogP) is 2.52. The molecule has 0 saturated carbocycles. The van der Waals surface area contributed by atoms with Gasteiger partial charge in [0.05, 0.1) is 12.1 Å². The van der Waals surface area contributed by atoms with Crippen molar-refractivity contribution >= 4 is 17.6 Å². The largest absolute Gasteiger partial charge is 0.387 e. The second-order valence-electron chi connectivity index (χ2n) is 5.05. The zero-order valence-electron chi connectivity index (χ0n) is 12.9. The number of aryl methyl sites for hydroxylation is 1. The van der Waals surface area contributed by atoms with E-state index in [0.29, 0.717) is 28.7 Å². The molecule has 2 aromatic rings. The van der Waals surface area contributed by atoms with E-state index in [1.165, 1.54) is 0 Å². The number of rotatable bonds is 6. The van der Waals surface area contributed by atoms with E-state index in [-0.39, 0.29) is 12.6 Å². The first kappa shape index (κ1) is 17.2. The minimum Gasteiger partial charge on any atom is -0.387 e. The van der Waals surface area contributed by atoms with Crippen LogP contribution in [0.25, 0.3) is 0 Å². The maximum atomic E-state index is 11.9. The summed E-state index contributed by atoms with van der Waals surface area (Å²) < 4.78 is 4.91. The molecule has 23 heavy (non-hydrogen) atoms. The highest BCUT2D eigenvalue weighted by Gasteiger charge is 2.18. The molecular formula is C15H19ClN4O3. The fourth-order valence-electron chi connectivity index (χ4n) is 2.01. The number of benzene rings is 1. The number of nitrogens with one attached hydrogen (secondary N) is 2. The zero-order valence-corrected chi connectivity index (χ0v) is 13.7. The van der Waals surface area contributed by atoms with Crippen LogP contribution in [0.15, 0.2) is 28.8 Å². The van der Waals surface area contributed by atoms with Gasteiger partial charge in [0.2, 0.25) is 5.89 Å². The Morgan fingerprint density at radius 3 is 2.65 bits per heavy atom. The van der Waals surface area contributed by atoms with Crippen molar-refractivity contribution in [2.45, 2.75) is 32.4 Å². The van der Waals surface area contributed by atoms with Crippen LogP contribution in [-0.4, -0.2) is 27.8 Å². The molecule has 0 saturated heterocycles. The third kappa shape index (κ3) is 4.94. The summed E-state index contributed by atoms with van der Waals surface area (Å²) in [7, 11) is 0. The molecule has 0 spiro atoms. The average Bonchev–Trinajstić information content (AvgIpc) is 2.97. The minimum absolute atomic E-state index is 0.0785. The maximum absolute atomic E-state index is 11.9. The molecule has 1 heterocycles. The molecule has 0 aliphatic rings. The van der Waals surface area contributed by atoms with E-state index >= 15 is 0 Å². The van der Waals surface area contributed by atoms with Crippen molar-refractivity contribution in [3.8, 4) is 0 Å². The number of aromatic nitrogens is 2. The Hall–Kier alpha value is -2.12. The lowest BCUT2D eigenvalue weighted by Crippen LogP contribution is -2.40. The first-order valence-electron chi connectivity index (χ1n) is 7.27. The smallest absolute Gasteiger partial charge is 0.315 e. The predicted molar refractivity (Wildman–Crippen MR) is 85.0 cm³/mol. The fraction of sp³-hybridized carbons (Fsp3) is 0.400. The van der Waals surface area contributed by atoms with Crippen molar-refractivity contribution in [2.75, 3.05) is 6.54 Å². The van der Waals surface area contributed by atoms with Gasteiger partial charge in [-0.3, -0.25) is 0 Å². The first-order chi connectivity index (χ1) is 11.0.